The fraction of sp³-hybridized carbons (Fsp3) is 0.192. The van der Waals surface area contributed by atoms with Crippen molar-refractivity contribution in [2.24, 2.45) is 0 Å². The molecule has 1 saturated heterocycles. The number of thiocarbonyl (C=S) groups is 1. The van der Waals surface area contributed by atoms with Crippen LogP contribution >= 0.6 is 23.8 Å². The minimum absolute atomic E-state index is 0.00256. The maximum absolute atomic E-state index is 12.8. The van der Waals surface area contributed by atoms with Crippen molar-refractivity contribution in [2.45, 2.75) is 6.92 Å². The van der Waals surface area contributed by atoms with Crippen LogP contribution in [0.5, 0.6) is 0 Å². The molecular weight excluding hydrogens is 468 g/mol. The SMILES string of the molecule is Cc1cccc(C(=O)NC(=S)Nc2ccccc2N2CCN(C(=O)c3ccc(Cl)cc3)CC2)c1. The second-order valence-electron chi connectivity index (χ2n) is 8.08. The smallest absolute Gasteiger partial charge is 0.257 e. The summed E-state index contributed by atoms with van der Waals surface area (Å²) in [4.78, 5) is 29.4. The van der Waals surface area contributed by atoms with E-state index in [1.807, 2.05) is 54.3 Å². The van der Waals surface area contributed by atoms with E-state index in [0.29, 0.717) is 42.3 Å². The zero-order valence-corrected chi connectivity index (χ0v) is 20.3. The van der Waals surface area contributed by atoms with E-state index in [1.165, 1.54) is 0 Å². The van der Waals surface area contributed by atoms with E-state index in [0.717, 1.165) is 16.9 Å². The van der Waals surface area contributed by atoms with Crippen LogP contribution in [-0.2, 0) is 0 Å². The van der Waals surface area contributed by atoms with Gasteiger partial charge in [-0.2, -0.15) is 0 Å². The first kappa shape index (κ1) is 23.7. The molecule has 1 heterocycles. The average Bonchev–Trinajstić information content (AvgIpc) is 2.84. The Morgan fingerprint density at radius 3 is 2.29 bits per heavy atom. The predicted molar refractivity (Wildman–Crippen MR) is 141 cm³/mol. The Bertz CT molecular complexity index is 1210. The molecule has 6 nitrogen and oxygen atoms in total. The molecule has 8 heteroatoms. The van der Waals surface area contributed by atoms with Gasteiger partial charge in [-0.25, -0.2) is 0 Å². The fourth-order valence-corrected chi connectivity index (χ4v) is 4.22. The largest absolute Gasteiger partial charge is 0.366 e. The van der Waals surface area contributed by atoms with Gasteiger partial charge in [-0.15, -0.1) is 0 Å². The molecule has 4 rings (SSSR count). The van der Waals surface area contributed by atoms with Gasteiger partial charge in [0.1, 0.15) is 0 Å². The van der Waals surface area contributed by atoms with Crippen LogP contribution in [0.25, 0.3) is 0 Å². The Kier molecular flexibility index (Phi) is 7.45. The van der Waals surface area contributed by atoms with Gasteiger partial charge in [0.15, 0.2) is 5.11 Å². The summed E-state index contributed by atoms with van der Waals surface area (Å²) in [6.07, 6.45) is 0. The molecule has 0 radical (unpaired) electrons. The second kappa shape index (κ2) is 10.7. The number of piperazine rings is 1. The van der Waals surface area contributed by atoms with E-state index in [9.17, 15) is 9.59 Å². The van der Waals surface area contributed by atoms with E-state index < -0.39 is 0 Å². The lowest BCUT2D eigenvalue weighted by molar-refractivity contribution is 0.0746. The highest BCUT2D eigenvalue weighted by Gasteiger charge is 2.23. The molecule has 1 fully saturated rings. The van der Waals surface area contributed by atoms with E-state index in [1.54, 1.807) is 30.3 Å². The van der Waals surface area contributed by atoms with Crippen molar-refractivity contribution >= 4 is 52.1 Å². The number of carbonyl (C=O) groups excluding carboxylic acids is 2. The van der Waals surface area contributed by atoms with Gasteiger partial charge in [0, 0.05) is 42.3 Å². The molecule has 0 unspecified atom stereocenters. The Labute approximate surface area is 209 Å². The maximum Gasteiger partial charge on any atom is 0.257 e. The topological polar surface area (TPSA) is 64.7 Å². The lowest BCUT2D eigenvalue weighted by Gasteiger charge is -2.37. The summed E-state index contributed by atoms with van der Waals surface area (Å²) in [5, 5.41) is 6.74. The standard InChI is InChI=1S/C26H25ClN4O2S/c1-18-5-4-6-20(17-18)24(32)29-26(34)28-22-7-2-3-8-23(22)30-13-15-31(16-14-30)25(33)19-9-11-21(27)12-10-19/h2-12,17H,13-16H2,1H3,(H2,28,29,32,34). The Morgan fingerprint density at radius 2 is 1.59 bits per heavy atom. The Balaban J connectivity index is 1.38. The number of halogens is 1. The molecule has 3 aromatic rings. The molecule has 1 aliphatic rings. The van der Waals surface area contributed by atoms with Gasteiger partial charge in [-0.1, -0.05) is 41.4 Å². The number of amides is 2. The third kappa shape index (κ3) is 5.73. The number of aryl methyl sites for hydroxylation is 1. The number of para-hydroxylation sites is 2. The van der Waals surface area contributed by atoms with Gasteiger partial charge >= 0.3 is 0 Å². The average molecular weight is 493 g/mol. The van der Waals surface area contributed by atoms with Gasteiger partial charge in [-0.3, -0.25) is 14.9 Å². The van der Waals surface area contributed by atoms with Crippen molar-refractivity contribution in [3.63, 3.8) is 0 Å². The molecule has 0 saturated carbocycles. The molecular formula is C26H25ClN4O2S. The number of nitrogens with zero attached hydrogens (tertiary/aromatic N) is 2. The monoisotopic (exact) mass is 492 g/mol. The van der Waals surface area contributed by atoms with E-state index in [2.05, 4.69) is 15.5 Å². The minimum atomic E-state index is -0.256. The first-order valence-corrected chi connectivity index (χ1v) is 11.8. The van der Waals surface area contributed by atoms with Crippen LogP contribution in [0, 0.1) is 6.92 Å². The number of hydrogen-bond acceptors (Lipinski definition) is 4. The molecule has 0 aromatic heterocycles. The van der Waals surface area contributed by atoms with Crippen LogP contribution in [0.15, 0.2) is 72.8 Å². The summed E-state index contributed by atoms with van der Waals surface area (Å²) in [5.41, 5.74) is 3.96. The fourth-order valence-electron chi connectivity index (χ4n) is 3.90. The number of nitrogens with one attached hydrogen (secondary N) is 2. The lowest BCUT2D eigenvalue weighted by Crippen LogP contribution is -2.49. The Morgan fingerprint density at radius 1 is 0.882 bits per heavy atom. The van der Waals surface area contributed by atoms with Crippen molar-refractivity contribution in [2.75, 3.05) is 36.4 Å². The lowest BCUT2D eigenvalue weighted by atomic mass is 10.1. The molecule has 0 bridgehead atoms. The summed E-state index contributed by atoms with van der Waals surface area (Å²) in [5.74, 6) is -0.254. The summed E-state index contributed by atoms with van der Waals surface area (Å²) < 4.78 is 0. The molecule has 0 atom stereocenters. The number of anilines is 2. The van der Waals surface area contributed by atoms with E-state index >= 15 is 0 Å². The first-order chi connectivity index (χ1) is 16.4. The third-order valence-corrected chi connectivity index (χ3v) is 6.11. The highest BCUT2D eigenvalue weighted by Crippen LogP contribution is 2.27. The van der Waals surface area contributed by atoms with E-state index in [4.69, 9.17) is 23.8 Å². The highest BCUT2D eigenvalue weighted by atomic mass is 35.5. The van der Waals surface area contributed by atoms with Crippen LogP contribution in [0.1, 0.15) is 26.3 Å². The number of hydrogen-bond donors (Lipinski definition) is 2. The van der Waals surface area contributed by atoms with Crippen LogP contribution in [0.2, 0.25) is 5.02 Å². The zero-order chi connectivity index (χ0) is 24.1. The van der Waals surface area contributed by atoms with Gasteiger partial charge in [0.05, 0.1) is 11.4 Å². The van der Waals surface area contributed by atoms with Gasteiger partial charge < -0.3 is 15.1 Å². The zero-order valence-electron chi connectivity index (χ0n) is 18.8. The predicted octanol–water partition coefficient (Wildman–Crippen LogP) is 4.74. The van der Waals surface area contributed by atoms with Crippen molar-refractivity contribution in [3.8, 4) is 0 Å². The van der Waals surface area contributed by atoms with Crippen LogP contribution < -0.4 is 15.5 Å². The first-order valence-electron chi connectivity index (χ1n) is 11.0. The van der Waals surface area contributed by atoms with Crippen molar-refractivity contribution in [1.29, 1.82) is 0 Å². The Hall–Kier alpha value is -3.42. The number of carbonyl (C=O) groups is 2. The molecule has 34 heavy (non-hydrogen) atoms. The van der Waals surface area contributed by atoms with Crippen molar-refractivity contribution in [3.05, 3.63) is 94.5 Å². The van der Waals surface area contributed by atoms with Gasteiger partial charge in [-0.05, 0) is 67.7 Å². The molecule has 2 amide bonds. The molecule has 2 N–H and O–H groups in total. The quantitative estimate of drug-likeness (QED) is 0.515. The summed E-state index contributed by atoms with van der Waals surface area (Å²) in [7, 11) is 0. The molecule has 174 valence electrons. The summed E-state index contributed by atoms with van der Waals surface area (Å²) >= 11 is 11.3. The van der Waals surface area contributed by atoms with Crippen LogP contribution in [-0.4, -0.2) is 48.0 Å². The molecule has 1 aliphatic heterocycles. The van der Waals surface area contributed by atoms with E-state index in [-0.39, 0.29) is 16.9 Å². The minimum Gasteiger partial charge on any atom is -0.366 e. The maximum atomic E-state index is 12.8. The molecule has 3 aromatic carbocycles. The summed E-state index contributed by atoms with van der Waals surface area (Å²) in [6, 6.07) is 22.1. The van der Waals surface area contributed by atoms with Gasteiger partial charge in [0.25, 0.3) is 11.8 Å². The van der Waals surface area contributed by atoms with Crippen LogP contribution in [0.4, 0.5) is 11.4 Å². The number of rotatable bonds is 4. The van der Waals surface area contributed by atoms with Crippen molar-refractivity contribution < 1.29 is 9.59 Å². The second-order valence-corrected chi connectivity index (χ2v) is 8.93. The third-order valence-electron chi connectivity index (χ3n) is 5.66. The molecule has 0 spiro atoms. The highest BCUT2D eigenvalue weighted by molar-refractivity contribution is 7.80. The number of benzene rings is 3. The van der Waals surface area contributed by atoms with Crippen LogP contribution in [0.3, 0.4) is 0 Å². The van der Waals surface area contributed by atoms with Gasteiger partial charge in [0.2, 0.25) is 0 Å². The summed E-state index contributed by atoms with van der Waals surface area (Å²) in [6.45, 7) is 4.50. The normalized spacial score (nSPS) is 13.4. The molecule has 0 aliphatic carbocycles. The van der Waals surface area contributed by atoms with Crippen molar-refractivity contribution in [1.82, 2.24) is 10.2 Å².